The van der Waals surface area contributed by atoms with Crippen LogP contribution in [0.2, 0.25) is 0 Å². The van der Waals surface area contributed by atoms with Crippen molar-refractivity contribution >= 4 is 16.7 Å². The Kier molecular flexibility index (Phi) is 6.72. The third-order valence-corrected chi connectivity index (χ3v) is 6.16. The van der Waals surface area contributed by atoms with E-state index in [0.717, 1.165) is 37.4 Å². The Balaban J connectivity index is 1.71. The Labute approximate surface area is 187 Å². The summed E-state index contributed by atoms with van der Waals surface area (Å²) < 4.78 is 16.3. The normalized spacial score (nSPS) is 16.3. The van der Waals surface area contributed by atoms with Gasteiger partial charge in [-0.3, -0.25) is 4.90 Å². The minimum absolute atomic E-state index is 0.275. The predicted octanol–water partition coefficient (Wildman–Crippen LogP) is 2.98. The van der Waals surface area contributed by atoms with Crippen LogP contribution in [0.3, 0.4) is 0 Å². The van der Waals surface area contributed by atoms with Crippen LogP contribution < -0.4 is 15.3 Å². The number of anilines is 1. The minimum atomic E-state index is -0.391. The molecule has 1 atom stereocenters. The van der Waals surface area contributed by atoms with E-state index >= 15 is 0 Å². The zero-order valence-electron chi connectivity index (χ0n) is 19.1. The second kappa shape index (κ2) is 9.67. The second-order valence-electron chi connectivity index (χ2n) is 8.08. The first-order chi connectivity index (χ1) is 15.5. The van der Waals surface area contributed by atoms with Gasteiger partial charge < -0.3 is 18.8 Å². The summed E-state index contributed by atoms with van der Waals surface area (Å²) in [6.45, 7) is 5.30. The number of aryl methyl sites for hydroxylation is 1. The highest BCUT2D eigenvalue weighted by Crippen LogP contribution is 2.32. The van der Waals surface area contributed by atoms with Gasteiger partial charge in [-0.2, -0.15) is 0 Å². The van der Waals surface area contributed by atoms with E-state index in [4.69, 9.17) is 18.9 Å². The molecule has 8 heteroatoms. The van der Waals surface area contributed by atoms with Gasteiger partial charge >= 0.3 is 5.63 Å². The van der Waals surface area contributed by atoms with Gasteiger partial charge in [0.15, 0.2) is 0 Å². The molecule has 0 unspecified atom stereocenters. The summed E-state index contributed by atoms with van der Waals surface area (Å²) in [7, 11) is 5.45. The topological polar surface area (TPSA) is 80.9 Å². The quantitative estimate of drug-likeness (QED) is 0.531. The van der Waals surface area contributed by atoms with E-state index in [1.807, 2.05) is 25.1 Å². The van der Waals surface area contributed by atoms with Gasteiger partial charge in [0.25, 0.3) is 0 Å². The van der Waals surface area contributed by atoms with Crippen molar-refractivity contribution in [3.8, 4) is 17.2 Å². The molecule has 0 N–H and O–H groups in total. The predicted molar refractivity (Wildman–Crippen MR) is 125 cm³/mol. The molecule has 0 saturated carbocycles. The summed E-state index contributed by atoms with van der Waals surface area (Å²) >= 11 is 0. The Morgan fingerprint density at radius 3 is 2.91 bits per heavy atom. The van der Waals surface area contributed by atoms with Gasteiger partial charge in [-0.15, -0.1) is 0 Å². The van der Waals surface area contributed by atoms with Crippen molar-refractivity contribution in [2.75, 3.05) is 52.4 Å². The summed E-state index contributed by atoms with van der Waals surface area (Å²) in [5.41, 5.74) is 1.76. The molecule has 4 rings (SSSR count). The van der Waals surface area contributed by atoms with Crippen molar-refractivity contribution < 1.29 is 13.9 Å². The molecule has 3 heterocycles. The van der Waals surface area contributed by atoms with E-state index in [2.05, 4.69) is 21.8 Å². The average molecular weight is 439 g/mol. The van der Waals surface area contributed by atoms with Crippen LogP contribution in [0.4, 0.5) is 5.82 Å². The number of nitrogens with zero attached hydrogens (tertiary/aromatic N) is 4. The van der Waals surface area contributed by atoms with Crippen molar-refractivity contribution in [2.45, 2.75) is 25.8 Å². The first-order valence-electron chi connectivity index (χ1n) is 11.0. The fraction of sp³-hybridized carbons (Fsp3) is 0.458. The molecule has 32 heavy (non-hydrogen) atoms. The Bertz CT molecular complexity index is 1150. The summed E-state index contributed by atoms with van der Waals surface area (Å²) in [6, 6.07) is 7.80. The summed E-state index contributed by atoms with van der Waals surface area (Å²) in [5.74, 6) is 1.73. The smallest absolute Gasteiger partial charge is 0.347 e. The highest BCUT2D eigenvalue weighted by Gasteiger charge is 2.29. The zero-order chi connectivity index (χ0) is 22.7. The van der Waals surface area contributed by atoms with Gasteiger partial charge in [-0.05, 0) is 43.7 Å². The van der Waals surface area contributed by atoms with Gasteiger partial charge in [0.05, 0.1) is 30.2 Å². The highest BCUT2D eigenvalue weighted by atomic mass is 16.5. The van der Waals surface area contributed by atoms with Gasteiger partial charge in [0, 0.05) is 45.0 Å². The molecule has 0 bridgehead atoms. The Morgan fingerprint density at radius 2 is 2.16 bits per heavy atom. The molecule has 8 nitrogen and oxygen atoms in total. The summed E-state index contributed by atoms with van der Waals surface area (Å²) in [6.07, 6.45) is 3.48. The summed E-state index contributed by atoms with van der Waals surface area (Å²) in [5, 5.41) is 0.503. The monoisotopic (exact) mass is 438 g/mol. The van der Waals surface area contributed by atoms with Crippen molar-refractivity contribution in [1.82, 2.24) is 14.9 Å². The van der Waals surface area contributed by atoms with Gasteiger partial charge in [0.2, 0.25) is 5.89 Å². The van der Waals surface area contributed by atoms with Crippen molar-refractivity contribution in [2.24, 2.45) is 0 Å². The van der Waals surface area contributed by atoms with Crippen LogP contribution in [0, 0.1) is 0 Å². The fourth-order valence-electron chi connectivity index (χ4n) is 4.29. The second-order valence-corrected chi connectivity index (χ2v) is 8.08. The lowest BCUT2D eigenvalue weighted by Crippen LogP contribution is -2.36. The van der Waals surface area contributed by atoms with Crippen LogP contribution in [0.5, 0.6) is 5.75 Å². The lowest BCUT2D eigenvalue weighted by atomic mass is 10.1. The van der Waals surface area contributed by atoms with Gasteiger partial charge in [-0.1, -0.05) is 6.92 Å². The van der Waals surface area contributed by atoms with Gasteiger partial charge in [-0.25, -0.2) is 14.8 Å². The maximum absolute atomic E-state index is 12.9. The standard InChI is InChI=1S/C24H30N4O4/c1-5-16-13-18(31-4)14-20-21(16)24(29)32-23(26-20)19-7-6-9-25-22(19)28-10-8-17(15-28)27(2)11-12-30-3/h6-7,9,13-14,17H,5,8,10-12,15H2,1-4H3/t17-/m1/s1. The van der Waals surface area contributed by atoms with E-state index in [9.17, 15) is 4.79 Å². The molecular formula is C24H30N4O4. The fourth-order valence-corrected chi connectivity index (χ4v) is 4.29. The zero-order valence-corrected chi connectivity index (χ0v) is 19.1. The number of hydrogen-bond donors (Lipinski definition) is 0. The maximum atomic E-state index is 12.9. The molecule has 0 aliphatic carbocycles. The first-order valence-corrected chi connectivity index (χ1v) is 11.0. The first kappa shape index (κ1) is 22.2. The van der Waals surface area contributed by atoms with E-state index < -0.39 is 5.63 Å². The van der Waals surface area contributed by atoms with Crippen molar-refractivity contribution in [3.63, 3.8) is 0 Å². The largest absolute Gasteiger partial charge is 0.497 e. The highest BCUT2D eigenvalue weighted by molar-refractivity contribution is 5.84. The molecule has 0 radical (unpaired) electrons. The van der Waals surface area contributed by atoms with E-state index in [0.29, 0.717) is 41.3 Å². The molecule has 0 spiro atoms. The van der Waals surface area contributed by atoms with Crippen LogP contribution in [-0.2, 0) is 11.2 Å². The van der Waals surface area contributed by atoms with Crippen LogP contribution in [0.15, 0.2) is 39.7 Å². The number of ether oxygens (including phenoxy) is 2. The number of likely N-dealkylation sites (N-methyl/N-ethyl adjacent to an activating group) is 1. The van der Waals surface area contributed by atoms with Gasteiger partial charge in [0.1, 0.15) is 11.6 Å². The number of hydrogen-bond acceptors (Lipinski definition) is 8. The molecule has 1 aliphatic rings. The van der Waals surface area contributed by atoms with Crippen molar-refractivity contribution in [1.29, 1.82) is 0 Å². The number of fused-ring (bicyclic) bond motifs is 1. The molecule has 1 saturated heterocycles. The molecule has 1 aliphatic heterocycles. The molecule has 0 amide bonds. The number of rotatable bonds is 8. The average Bonchev–Trinajstić information content (AvgIpc) is 3.31. The maximum Gasteiger partial charge on any atom is 0.347 e. The number of aromatic nitrogens is 2. The number of pyridine rings is 1. The molecule has 1 fully saturated rings. The SMILES string of the molecule is CCc1cc(OC)cc2nc(-c3cccnc3N3CC[C@@H](N(C)CCOC)C3)oc(=O)c12. The Hall–Kier alpha value is -2.97. The summed E-state index contributed by atoms with van der Waals surface area (Å²) in [4.78, 5) is 26.8. The number of methoxy groups -OCH3 is 2. The molecule has 3 aromatic rings. The minimum Gasteiger partial charge on any atom is -0.497 e. The van der Waals surface area contributed by atoms with Crippen LogP contribution in [0.1, 0.15) is 18.9 Å². The Morgan fingerprint density at radius 1 is 1.31 bits per heavy atom. The molecule has 1 aromatic carbocycles. The third-order valence-electron chi connectivity index (χ3n) is 6.16. The van der Waals surface area contributed by atoms with E-state index in [-0.39, 0.29) is 5.89 Å². The lowest BCUT2D eigenvalue weighted by Gasteiger charge is -2.25. The molecular weight excluding hydrogens is 408 g/mol. The van der Waals surface area contributed by atoms with Crippen LogP contribution in [0.25, 0.3) is 22.4 Å². The van der Waals surface area contributed by atoms with Crippen LogP contribution in [-0.4, -0.2) is 68.4 Å². The van der Waals surface area contributed by atoms with E-state index in [1.165, 1.54) is 0 Å². The van der Waals surface area contributed by atoms with Crippen LogP contribution >= 0.6 is 0 Å². The lowest BCUT2D eigenvalue weighted by molar-refractivity contribution is 0.143. The van der Waals surface area contributed by atoms with Crippen molar-refractivity contribution in [3.05, 3.63) is 46.4 Å². The van der Waals surface area contributed by atoms with E-state index in [1.54, 1.807) is 26.5 Å². The molecule has 170 valence electrons. The molecule has 2 aromatic heterocycles. The third kappa shape index (κ3) is 4.33. The number of benzene rings is 1.